The molecule has 0 heterocycles. The standard InChI is InChI=1S/C11H19NO4/c1-7(2)12(8(3)4)10(15)16-11(5-6-11)9(13)14/h7-8H,5-6H2,1-4H3,(H,13,14). The summed E-state index contributed by atoms with van der Waals surface area (Å²) in [6, 6.07) is -0.00538. The monoisotopic (exact) mass is 229 g/mol. The molecule has 0 unspecified atom stereocenters. The fourth-order valence-corrected chi connectivity index (χ4v) is 1.71. The van der Waals surface area contributed by atoms with E-state index in [9.17, 15) is 9.59 Å². The maximum atomic E-state index is 11.8. The second kappa shape index (κ2) is 4.31. The zero-order valence-corrected chi connectivity index (χ0v) is 10.2. The van der Waals surface area contributed by atoms with Gasteiger partial charge in [-0.25, -0.2) is 9.59 Å². The van der Waals surface area contributed by atoms with Crippen LogP contribution in [-0.4, -0.2) is 39.8 Å². The van der Waals surface area contributed by atoms with Gasteiger partial charge in [0.05, 0.1) is 0 Å². The molecule has 0 aliphatic heterocycles. The number of amides is 1. The summed E-state index contributed by atoms with van der Waals surface area (Å²) >= 11 is 0. The molecule has 0 aromatic rings. The van der Waals surface area contributed by atoms with Gasteiger partial charge in [0, 0.05) is 24.9 Å². The fraction of sp³-hybridized carbons (Fsp3) is 0.818. The highest BCUT2D eigenvalue weighted by Crippen LogP contribution is 2.40. The van der Waals surface area contributed by atoms with E-state index in [1.54, 1.807) is 4.90 Å². The molecule has 1 N–H and O–H groups in total. The molecule has 0 radical (unpaired) electrons. The Morgan fingerprint density at radius 1 is 1.19 bits per heavy atom. The zero-order chi connectivity index (χ0) is 12.5. The summed E-state index contributed by atoms with van der Waals surface area (Å²) in [5, 5.41) is 8.92. The van der Waals surface area contributed by atoms with Gasteiger partial charge in [-0.1, -0.05) is 0 Å². The van der Waals surface area contributed by atoms with Crippen molar-refractivity contribution in [1.82, 2.24) is 4.90 Å². The third kappa shape index (κ3) is 2.46. The van der Waals surface area contributed by atoms with Crippen LogP contribution in [0.25, 0.3) is 0 Å². The lowest BCUT2D eigenvalue weighted by Crippen LogP contribution is -2.45. The van der Waals surface area contributed by atoms with Crippen molar-refractivity contribution in [2.24, 2.45) is 0 Å². The van der Waals surface area contributed by atoms with E-state index >= 15 is 0 Å². The molecule has 0 atom stereocenters. The Morgan fingerprint density at radius 3 is 1.88 bits per heavy atom. The lowest BCUT2D eigenvalue weighted by molar-refractivity contribution is -0.150. The molecule has 5 heteroatoms. The molecule has 1 amide bonds. The first-order chi connectivity index (χ1) is 7.30. The van der Waals surface area contributed by atoms with Crippen molar-refractivity contribution < 1.29 is 19.4 Å². The number of carboxylic acid groups (broad SMARTS) is 1. The van der Waals surface area contributed by atoms with Crippen LogP contribution in [0.4, 0.5) is 4.79 Å². The summed E-state index contributed by atoms with van der Waals surface area (Å²) in [7, 11) is 0. The van der Waals surface area contributed by atoms with Crippen LogP contribution < -0.4 is 0 Å². The quantitative estimate of drug-likeness (QED) is 0.799. The summed E-state index contributed by atoms with van der Waals surface area (Å²) in [5.74, 6) is -1.05. The van der Waals surface area contributed by atoms with E-state index in [1.807, 2.05) is 27.7 Å². The number of nitrogens with zero attached hydrogens (tertiary/aromatic N) is 1. The number of rotatable bonds is 4. The number of hydrogen-bond donors (Lipinski definition) is 1. The summed E-state index contributed by atoms with van der Waals surface area (Å²) in [5.41, 5.74) is -1.25. The highest BCUT2D eigenvalue weighted by molar-refractivity contribution is 5.84. The minimum atomic E-state index is -1.25. The van der Waals surface area contributed by atoms with Gasteiger partial charge in [-0.2, -0.15) is 0 Å². The SMILES string of the molecule is CC(C)N(C(=O)OC1(C(=O)O)CC1)C(C)C. The second-order valence-corrected chi connectivity index (χ2v) is 4.76. The second-order valence-electron chi connectivity index (χ2n) is 4.76. The van der Waals surface area contributed by atoms with Gasteiger partial charge in [-0.15, -0.1) is 0 Å². The van der Waals surface area contributed by atoms with Crippen LogP contribution in [0.2, 0.25) is 0 Å². The first-order valence-electron chi connectivity index (χ1n) is 5.55. The molecule has 0 aromatic carbocycles. The van der Waals surface area contributed by atoms with Gasteiger partial charge < -0.3 is 14.7 Å². The number of carbonyl (C=O) groups is 2. The van der Waals surface area contributed by atoms with E-state index < -0.39 is 17.7 Å². The molecule has 16 heavy (non-hydrogen) atoms. The number of carboxylic acids is 1. The van der Waals surface area contributed by atoms with Crippen molar-refractivity contribution in [1.29, 1.82) is 0 Å². The van der Waals surface area contributed by atoms with E-state index in [0.717, 1.165) is 0 Å². The summed E-state index contributed by atoms with van der Waals surface area (Å²) in [6.45, 7) is 7.51. The normalized spacial score (nSPS) is 17.4. The molecule has 0 saturated heterocycles. The molecule has 0 bridgehead atoms. The topological polar surface area (TPSA) is 66.8 Å². The van der Waals surface area contributed by atoms with E-state index in [2.05, 4.69) is 0 Å². The van der Waals surface area contributed by atoms with Crippen LogP contribution >= 0.6 is 0 Å². The van der Waals surface area contributed by atoms with E-state index in [0.29, 0.717) is 12.8 Å². The maximum Gasteiger partial charge on any atom is 0.411 e. The summed E-state index contributed by atoms with van der Waals surface area (Å²) in [4.78, 5) is 24.3. The minimum absolute atomic E-state index is 0.00269. The maximum absolute atomic E-state index is 11.8. The van der Waals surface area contributed by atoms with Crippen molar-refractivity contribution >= 4 is 12.1 Å². The third-order valence-electron chi connectivity index (χ3n) is 2.70. The first kappa shape index (κ1) is 12.8. The molecule has 1 aliphatic carbocycles. The molecule has 0 aromatic heterocycles. The minimum Gasteiger partial charge on any atom is -0.478 e. The highest BCUT2D eigenvalue weighted by Gasteiger charge is 2.55. The van der Waals surface area contributed by atoms with Crippen LogP contribution in [0.3, 0.4) is 0 Å². The summed E-state index contributed by atoms with van der Waals surface area (Å²) < 4.78 is 5.08. The zero-order valence-electron chi connectivity index (χ0n) is 10.2. The lowest BCUT2D eigenvalue weighted by atomic mass is 10.2. The third-order valence-corrected chi connectivity index (χ3v) is 2.70. The van der Waals surface area contributed by atoms with E-state index in [-0.39, 0.29) is 12.1 Å². The van der Waals surface area contributed by atoms with Gasteiger partial charge in [0.2, 0.25) is 5.60 Å². The van der Waals surface area contributed by atoms with E-state index in [1.165, 1.54) is 0 Å². The molecule has 0 spiro atoms. The number of carbonyl (C=O) groups excluding carboxylic acids is 1. The largest absolute Gasteiger partial charge is 0.478 e. The molecule has 1 aliphatic rings. The Hall–Kier alpha value is -1.26. The first-order valence-corrected chi connectivity index (χ1v) is 5.55. The van der Waals surface area contributed by atoms with Crippen LogP contribution in [0.5, 0.6) is 0 Å². The van der Waals surface area contributed by atoms with Gasteiger partial charge in [-0.05, 0) is 27.7 Å². The Bertz CT molecular complexity index is 286. The van der Waals surface area contributed by atoms with Gasteiger partial charge in [-0.3, -0.25) is 0 Å². The molecule has 1 saturated carbocycles. The average molecular weight is 229 g/mol. The van der Waals surface area contributed by atoms with Crippen LogP contribution in [0, 0.1) is 0 Å². The van der Waals surface area contributed by atoms with Crippen molar-refractivity contribution in [3.63, 3.8) is 0 Å². The van der Waals surface area contributed by atoms with Gasteiger partial charge in [0.1, 0.15) is 0 Å². The number of ether oxygens (including phenoxy) is 1. The fourth-order valence-electron chi connectivity index (χ4n) is 1.71. The van der Waals surface area contributed by atoms with Crippen LogP contribution in [0.15, 0.2) is 0 Å². The Morgan fingerprint density at radius 2 is 1.62 bits per heavy atom. The number of hydrogen-bond acceptors (Lipinski definition) is 3. The predicted molar refractivity (Wildman–Crippen MR) is 58.2 cm³/mol. The number of aliphatic carboxylic acids is 1. The van der Waals surface area contributed by atoms with Crippen LogP contribution in [-0.2, 0) is 9.53 Å². The van der Waals surface area contributed by atoms with Crippen molar-refractivity contribution in [3.05, 3.63) is 0 Å². The van der Waals surface area contributed by atoms with Crippen molar-refractivity contribution in [2.45, 2.75) is 58.2 Å². The smallest absolute Gasteiger partial charge is 0.411 e. The predicted octanol–water partition coefficient (Wildman–Crippen LogP) is 1.86. The molecule has 1 rings (SSSR count). The molecule has 92 valence electrons. The molecule has 1 fully saturated rings. The average Bonchev–Trinajstić information content (AvgIpc) is 2.83. The van der Waals surface area contributed by atoms with E-state index in [4.69, 9.17) is 9.84 Å². The molecule has 5 nitrogen and oxygen atoms in total. The Kier molecular flexibility index (Phi) is 3.45. The lowest BCUT2D eigenvalue weighted by Gasteiger charge is -2.30. The molecular formula is C11H19NO4. The van der Waals surface area contributed by atoms with Crippen molar-refractivity contribution in [2.75, 3.05) is 0 Å². The summed E-state index contributed by atoms with van der Waals surface area (Å²) in [6.07, 6.45) is 0.292. The van der Waals surface area contributed by atoms with Crippen LogP contribution in [0.1, 0.15) is 40.5 Å². The van der Waals surface area contributed by atoms with Gasteiger partial charge >= 0.3 is 12.1 Å². The van der Waals surface area contributed by atoms with Gasteiger partial charge in [0.25, 0.3) is 0 Å². The van der Waals surface area contributed by atoms with Gasteiger partial charge in [0.15, 0.2) is 0 Å². The van der Waals surface area contributed by atoms with Crippen molar-refractivity contribution in [3.8, 4) is 0 Å². The Balaban J connectivity index is 2.67. The molecular weight excluding hydrogens is 210 g/mol. The Labute approximate surface area is 95.4 Å². The highest BCUT2D eigenvalue weighted by atomic mass is 16.6.